The van der Waals surface area contributed by atoms with E-state index in [1.54, 1.807) is 4.09 Å². The van der Waals surface area contributed by atoms with Crippen molar-refractivity contribution >= 4 is 27.5 Å². The van der Waals surface area contributed by atoms with Crippen LogP contribution >= 0.6 is 0 Å². The van der Waals surface area contributed by atoms with Crippen molar-refractivity contribution in [1.29, 1.82) is 0 Å². The molecule has 0 heterocycles. The Hall–Kier alpha value is -0.304. The van der Waals surface area contributed by atoms with Crippen molar-refractivity contribution in [2.75, 3.05) is 0 Å². The molecule has 2 heteroatoms. The Bertz CT molecular complexity index is 349. The Labute approximate surface area is 114 Å². The summed E-state index contributed by atoms with van der Waals surface area (Å²) in [6.07, 6.45) is 6.44. The number of hydrogen-bond donors (Lipinski definition) is 0. The molecule has 0 aliphatic rings. The van der Waals surface area contributed by atoms with Gasteiger partial charge in [-0.1, -0.05) is 0 Å². The fraction of sp³-hybridized carbons (Fsp3) is 0.467. The van der Waals surface area contributed by atoms with Crippen LogP contribution in [0.15, 0.2) is 40.5 Å². The van der Waals surface area contributed by atoms with E-state index >= 15 is 0 Å². The summed E-state index contributed by atoms with van der Waals surface area (Å²) in [7, 11) is -1.13. The van der Waals surface area contributed by atoms with Crippen LogP contribution in [0.1, 0.15) is 26.2 Å². The van der Waals surface area contributed by atoms with Gasteiger partial charge in [0.25, 0.3) is 0 Å². The molecule has 0 nitrogen and oxygen atoms in total. The van der Waals surface area contributed by atoms with E-state index in [2.05, 4.69) is 63.0 Å². The molecule has 0 aromatic heterocycles. The van der Waals surface area contributed by atoms with E-state index in [1.807, 2.05) is 0 Å². The van der Waals surface area contributed by atoms with Gasteiger partial charge in [0.05, 0.1) is 0 Å². The summed E-state index contributed by atoms with van der Waals surface area (Å²) in [5, 5.41) is 0. The van der Waals surface area contributed by atoms with Gasteiger partial charge in [0.2, 0.25) is 0 Å². The molecule has 0 aliphatic carbocycles. The van der Waals surface area contributed by atoms with Crippen molar-refractivity contribution in [3.05, 3.63) is 40.5 Å². The Morgan fingerprint density at radius 2 is 1.82 bits per heavy atom. The van der Waals surface area contributed by atoms with Gasteiger partial charge in [0, 0.05) is 0 Å². The second-order valence-corrected chi connectivity index (χ2v) is 13.6. The molecule has 0 unspecified atom stereocenters. The molecule has 0 fully saturated rings. The van der Waals surface area contributed by atoms with Crippen molar-refractivity contribution in [1.82, 2.24) is 0 Å². The number of hydrogen-bond acceptors (Lipinski definition) is 0. The summed E-state index contributed by atoms with van der Waals surface area (Å²) in [4.78, 5) is 0. The molecule has 0 aliphatic heterocycles. The second-order valence-electron chi connectivity index (χ2n) is 5.38. The standard InChI is InChI=1S/C15H24SeSi/c1-5-6-8-13-15(17(2,3)4)16-14-11-9-7-10-12-14/h7,9-13H,5-6,8H2,1-4H3/b15-13-. The molecule has 0 spiro atoms. The number of allylic oxidation sites excluding steroid dienone is 1. The van der Waals surface area contributed by atoms with Gasteiger partial charge in [-0.15, -0.1) is 0 Å². The van der Waals surface area contributed by atoms with Gasteiger partial charge in [-0.25, -0.2) is 0 Å². The van der Waals surface area contributed by atoms with Crippen LogP contribution in [-0.4, -0.2) is 23.0 Å². The fourth-order valence-electron chi connectivity index (χ4n) is 1.55. The van der Waals surface area contributed by atoms with E-state index in [0.717, 1.165) is 0 Å². The summed E-state index contributed by atoms with van der Waals surface area (Å²) in [5.41, 5.74) is 0. The van der Waals surface area contributed by atoms with E-state index in [0.29, 0.717) is 15.0 Å². The third-order valence-electron chi connectivity index (χ3n) is 2.60. The summed E-state index contributed by atoms with van der Waals surface area (Å²) in [5.74, 6) is 0. The van der Waals surface area contributed by atoms with Gasteiger partial charge < -0.3 is 0 Å². The molecule has 0 bridgehead atoms. The zero-order valence-corrected chi connectivity index (χ0v) is 14.2. The molecule has 1 rings (SSSR count). The Balaban J connectivity index is 2.75. The van der Waals surface area contributed by atoms with Crippen molar-refractivity contribution in [3.8, 4) is 0 Å². The van der Waals surface area contributed by atoms with E-state index in [1.165, 1.54) is 23.7 Å². The molecule has 0 atom stereocenters. The predicted molar refractivity (Wildman–Crippen MR) is 82.8 cm³/mol. The fourth-order valence-corrected chi connectivity index (χ4v) is 6.73. The molecule has 0 amide bonds. The monoisotopic (exact) mass is 312 g/mol. The van der Waals surface area contributed by atoms with Crippen LogP contribution in [0.2, 0.25) is 19.6 Å². The third kappa shape index (κ3) is 5.72. The normalized spacial score (nSPS) is 12.8. The van der Waals surface area contributed by atoms with E-state index in [9.17, 15) is 0 Å². The van der Waals surface area contributed by atoms with Crippen LogP contribution in [0.25, 0.3) is 0 Å². The maximum atomic E-state index is 2.54. The van der Waals surface area contributed by atoms with Gasteiger partial charge in [-0.2, -0.15) is 0 Å². The van der Waals surface area contributed by atoms with Crippen LogP contribution in [0.3, 0.4) is 0 Å². The van der Waals surface area contributed by atoms with Crippen LogP contribution in [0, 0.1) is 0 Å². The van der Waals surface area contributed by atoms with Crippen molar-refractivity contribution in [2.45, 2.75) is 45.8 Å². The van der Waals surface area contributed by atoms with E-state index < -0.39 is 8.07 Å². The summed E-state index contributed by atoms with van der Waals surface area (Å²) in [6.45, 7) is 9.67. The molecule has 94 valence electrons. The minimum atomic E-state index is -1.13. The second kappa shape index (κ2) is 7.20. The van der Waals surface area contributed by atoms with Crippen LogP contribution in [-0.2, 0) is 0 Å². The minimum absolute atomic E-state index is 0.541. The van der Waals surface area contributed by atoms with Gasteiger partial charge in [0.1, 0.15) is 0 Å². The van der Waals surface area contributed by atoms with Gasteiger partial charge in [-0.3, -0.25) is 0 Å². The number of rotatable bonds is 6. The molecule has 1 aromatic rings. The summed E-state index contributed by atoms with van der Waals surface area (Å²) >= 11 is 0.541. The van der Waals surface area contributed by atoms with E-state index in [-0.39, 0.29) is 0 Å². The molecule has 0 N–H and O–H groups in total. The Morgan fingerprint density at radius 1 is 1.18 bits per heavy atom. The number of benzene rings is 1. The van der Waals surface area contributed by atoms with E-state index in [4.69, 9.17) is 0 Å². The van der Waals surface area contributed by atoms with Gasteiger partial charge in [-0.05, 0) is 0 Å². The molecule has 17 heavy (non-hydrogen) atoms. The van der Waals surface area contributed by atoms with Crippen molar-refractivity contribution in [2.24, 2.45) is 0 Å². The summed E-state index contributed by atoms with van der Waals surface area (Å²) < 4.78 is 3.29. The maximum absolute atomic E-state index is 2.54. The van der Waals surface area contributed by atoms with Gasteiger partial charge in [0.15, 0.2) is 0 Å². The quantitative estimate of drug-likeness (QED) is 0.551. The first-order chi connectivity index (χ1) is 8.04. The molecule has 0 radical (unpaired) electrons. The molecule has 0 saturated heterocycles. The zero-order valence-electron chi connectivity index (χ0n) is 11.5. The summed E-state index contributed by atoms with van der Waals surface area (Å²) in [6, 6.07) is 11.0. The Morgan fingerprint density at radius 3 is 2.35 bits per heavy atom. The average molecular weight is 311 g/mol. The first-order valence-electron chi connectivity index (χ1n) is 6.47. The molecular formula is C15H24SeSi. The predicted octanol–water partition coefficient (Wildman–Crippen LogP) is 3.97. The topological polar surface area (TPSA) is 0 Å². The van der Waals surface area contributed by atoms with Crippen molar-refractivity contribution < 1.29 is 0 Å². The first-order valence-corrected chi connectivity index (χ1v) is 11.7. The Kier molecular flexibility index (Phi) is 6.25. The van der Waals surface area contributed by atoms with Crippen LogP contribution in [0.4, 0.5) is 0 Å². The van der Waals surface area contributed by atoms with Crippen molar-refractivity contribution in [3.63, 3.8) is 0 Å². The third-order valence-corrected chi connectivity index (χ3v) is 10.5. The first kappa shape index (κ1) is 14.8. The zero-order chi connectivity index (χ0) is 12.7. The van der Waals surface area contributed by atoms with Crippen LogP contribution < -0.4 is 4.46 Å². The molecular weight excluding hydrogens is 287 g/mol. The average Bonchev–Trinajstić information content (AvgIpc) is 2.28. The molecule has 1 aromatic carbocycles. The van der Waals surface area contributed by atoms with Crippen LogP contribution in [0.5, 0.6) is 0 Å². The van der Waals surface area contributed by atoms with Gasteiger partial charge >= 0.3 is 114 Å². The molecule has 0 saturated carbocycles. The SMILES string of the molecule is CCCC/C=C(/[Se]c1ccccc1)[Si](C)(C)C. The number of unbranched alkanes of at least 4 members (excludes halogenated alkanes) is 2.